The number of primary sulfonamides is 1. The molecule has 2 aromatic rings. The summed E-state index contributed by atoms with van der Waals surface area (Å²) in [6.45, 7) is 3.21. The first-order chi connectivity index (χ1) is 12.8. The van der Waals surface area contributed by atoms with E-state index in [2.05, 4.69) is 5.32 Å². The van der Waals surface area contributed by atoms with Crippen LogP contribution in [0.2, 0.25) is 0 Å². The normalized spacial score (nSPS) is 15.4. The molecule has 3 rings (SSSR count). The van der Waals surface area contributed by atoms with E-state index in [1.165, 1.54) is 24.3 Å². The van der Waals surface area contributed by atoms with E-state index in [0.717, 1.165) is 24.2 Å². The van der Waals surface area contributed by atoms with Crippen LogP contribution in [0.5, 0.6) is 5.75 Å². The van der Waals surface area contributed by atoms with Crippen LogP contribution >= 0.6 is 0 Å². The van der Waals surface area contributed by atoms with Crippen molar-refractivity contribution in [1.29, 1.82) is 0 Å². The number of hydrogen-bond donors (Lipinski definition) is 2. The van der Waals surface area contributed by atoms with Gasteiger partial charge in [0.25, 0.3) is 0 Å². The predicted octanol–water partition coefficient (Wildman–Crippen LogP) is 2.72. The van der Waals surface area contributed by atoms with Crippen LogP contribution in [0, 0.1) is 6.92 Å². The fraction of sp³-hybridized carbons (Fsp3) is 0.316. The van der Waals surface area contributed by atoms with E-state index >= 15 is 0 Å². The molecule has 2 amide bonds. The molecule has 1 heterocycles. The van der Waals surface area contributed by atoms with E-state index in [1.54, 1.807) is 4.90 Å². The Labute approximate surface area is 159 Å². The minimum atomic E-state index is -3.74. The second-order valence-electron chi connectivity index (χ2n) is 6.62. The van der Waals surface area contributed by atoms with Crippen molar-refractivity contribution in [2.45, 2.75) is 30.8 Å². The number of carbonyl (C=O) groups is 1. The third kappa shape index (κ3) is 5.21. The smallest absolute Gasteiger partial charge is 0.321 e. The minimum Gasteiger partial charge on any atom is -0.490 e. The van der Waals surface area contributed by atoms with Gasteiger partial charge in [0.1, 0.15) is 11.9 Å². The molecule has 2 aromatic carbocycles. The largest absolute Gasteiger partial charge is 0.490 e. The maximum atomic E-state index is 12.4. The van der Waals surface area contributed by atoms with Gasteiger partial charge in [0.15, 0.2) is 0 Å². The van der Waals surface area contributed by atoms with E-state index in [9.17, 15) is 13.2 Å². The molecule has 7 nitrogen and oxygen atoms in total. The van der Waals surface area contributed by atoms with Gasteiger partial charge in [-0.15, -0.1) is 0 Å². The summed E-state index contributed by atoms with van der Waals surface area (Å²) in [7, 11) is -3.74. The first-order valence-corrected chi connectivity index (χ1v) is 10.3. The van der Waals surface area contributed by atoms with Gasteiger partial charge >= 0.3 is 6.03 Å². The number of nitrogens with two attached hydrogens (primary N) is 1. The van der Waals surface area contributed by atoms with Gasteiger partial charge in [-0.3, -0.25) is 0 Å². The van der Waals surface area contributed by atoms with Gasteiger partial charge < -0.3 is 15.0 Å². The Balaban J connectivity index is 1.51. The van der Waals surface area contributed by atoms with E-state index in [4.69, 9.17) is 9.88 Å². The van der Waals surface area contributed by atoms with Gasteiger partial charge in [-0.1, -0.05) is 12.1 Å². The third-order valence-corrected chi connectivity index (χ3v) is 5.38. The third-order valence-electron chi connectivity index (χ3n) is 4.46. The van der Waals surface area contributed by atoms with Crippen LogP contribution in [-0.2, 0) is 10.0 Å². The first kappa shape index (κ1) is 19.2. The van der Waals surface area contributed by atoms with Crippen molar-refractivity contribution in [3.63, 3.8) is 0 Å². The summed E-state index contributed by atoms with van der Waals surface area (Å²) in [5.74, 6) is 0.854. The highest BCUT2D eigenvalue weighted by molar-refractivity contribution is 7.89. The van der Waals surface area contributed by atoms with E-state index in [1.807, 2.05) is 31.2 Å². The van der Waals surface area contributed by atoms with Crippen molar-refractivity contribution in [3.8, 4) is 5.75 Å². The zero-order chi connectivity index (χ0) is 19.4. The van der Waals surface area contributed by atoms with Crippen molar-refractivity contribution < 1.29 is 17.9 Å². The maximum absolute atomic E-state index is 12.4. The number of sulfonamides is 1. The molecule has 0 aliphatic carbocycles. The van der Waals surface area contributed by atoms with E-state index in [-0.39, 0.29) is 17.0 Å². The molecule has 3 N–H and O–H groups in total. The molecule has 0 atom stereocenters. The Morgan fingerprint density at radius 1 is 1.15 bits per heavy atom. The van der Waals surface area contributed by atoms with Crippen molar-refractivity contribution in [1.82, 2.24) is 4.90 Å². The van der Waals surface area contributed by atoms with Gasteiger partial charge in [0.05, 0.1) is 4.90 Å². The molecule has 0 saturated carbocycles. The molecule has 0 spiro atoms. The van der Waals surface area contributed by atoms with Crippen molar-refractivity contribution in [2.75, 3.05) is 18.4 Å². The van der Waals surface area contributed by atoms with Crippen LogP contribution in [0.1, 0.15) is 18.4 Å². The Morgan fingerprint density at radius 3 is 2.41 bits per heavy atom. The van der Waals surface area contributed by atoms with Crippen LogP contribution in [0.4, 0.5) is 10.5 Å². The monoisotopic (exact) mass is 389 g/mol. The number of aryl methyl sites for hydroxylation is 1. The topological polar surface area (TPSA) is 102 Å². The second-order valence-corrected chi connectivity index (χ2v) is 8.18. The number of nitrogens with zero attached hydrogens (tertiary/aromatic N) is 1. The minimum absolute atomic E-state index is 0.00890. The quantitative estimate of drug-likeness (QED) is 0.839. The number of anilines is 1. The zero-order valence-electron chi connectivity index (χ0n) is 15.1. The number of urea groups is 1. The van der Waals surface area contributed by atoms with Gasteiger partial charge in [0.2, 0.25) is 10.0 Å². The number of amides is 2. The molecule has 27 heavy (non-hydrogen) atoms. The number of ether oxygens (including phenoxy) is 1. The fourth-order valence-corrected chi connectivity index (χ4v) is 3.50. The number of piperidine rings is 1. The molecule has 1 aliphatic rings. The summed E-state index contributed by atoms with van der Waals surface area (Å²) in [6.07, 6.45) is 1.60. The lowest BCUT2D eigenvalue weighted by Crippen LogP contribution is -2.43. The summed E-state index contributed by atoms with van der Waals surface area (Å²) >= 11 is 0. The number of likely N-dealkylation sites (tertiary alicyclic amines) is 1. The number of nitrogens with one attached hydrogen (secondary N) is 1. The van der Waals surface area contributed by atoms with Crippen molar-refractivity contribution in [3.05, 3.63) is 54.1 Å². The number of carbonyl (C=O) groups excluding carboxylic acids is 1. The summed E-state index contributed by atoms with van der Waals surface area (Å²) in [4.78, 5) is 14.1. The lowest BCUT2D eigenvalue weighted by atomic mass is 10.1. The SMILES string of the molecule is Cc1cccc(OC2CCN(C(=O)Nc3ccc(S(N)(=O)=O)cc3)CC2)c1. The lowest BCUT2D eigenvalue weighted by molar-refractivity contribution is 0.115. The highest BCUT2D eigenvalue weighted by atomic mass is 32.2. The molecule has 0 radical (unpaired) electrons. The van der Waals surface area contributed by atoms with Crippen LogP contribution in [0.15, 0.2) is 53.4 Å². The van der Waals surface area contributed by atoms with Crippen molar-refractivity contribution in [2.24, 2.45) is 5.14 Å². The number of hydrogen-bond acceptors (Lipinski definition) is 4. The average Bonchev–Trinajstić information content (AvgIpc) is 2.62. The van der Waals surface area contributed by atoms with Gasteiger partial charge in [0, 0.05) is 31.6 Å². The van der Waals surface area contributed by atoms with Gasteiger partial charge in [-0.05, 0) is 48.9 Å². The second kappa shape index (κ2) is 7.98. The molecule has 8 heteroatoms. The highest BCUT2D eigenvalue weighted by Crippen LogP contribution is 2.21. The van der Waals surface area contributed by atoms with Crippen molar-refractivity contribution >= 4 is 21.7 Å². The zero-order valence-corrected chi connectivity index (χ0v) is 15.9. The Kier molecular flexibility index (Phi) is 5.67. The standard InChI is InChI=1S/C19H23N3O4S/c1-14-3-2-4-17(13-14)26-16-9-11-22(12-10-16)19(23)21-15-5-7-18(8-6-15)27(20,24)25/h2-8,13,16H,9-12H2,1H3,(H,21,23)(H2,20,24,25). The molecule has 1 fully saturated rings. The maximum Gasteiger partial charge on any atom is 0.321 e. The Morgan fingerprint density at radius 2 is 1.81 bits per heavy atom. The molecular weight excluding hydrogens is 366 g/mol. The molecular formula is C19H23N3O4S. The molecule has 1 aliphatic heterocycles. The summed E-state index contributed by atoms with van der Waals surface area (Å²) in [5, 5.41) is 7.84. The van der Waals surface area contributed by atoms with Crippen LogP contribution in [0.3, 0.4) is 0 Å². The molecule has 1 saturated heterocycles. The van der Waals surface area contributed by atoms with E-state index < -0.39 is 10.0 Å². The fourth-order valence-electron chi connectivity index (χ4n) is 2.99. The lowest BCUT2D eigenvalue weighted by Gasteiger charge is -2.32. The van der Waals surface area contributed by atoms with Crippen LogP contribution in [-0.4, -0.2) is 38.5 Å². The summed E-state index contributed by atoms with van der Waals surface area (Å²) < 4.78 is 28.5. The summed E-state index contributed by atoms with van der Waals surface area (Å²) in [5.41, 5.74) is 1.67. The molecule has 0 aromatic heterocycles. The highest BCUT2D eigenvalue weighted by Gasteiger charge is 2.24. The van der Waals surface area contributed by atoms with Crippen LogP contribution < -0.4 is 15.2 Å². The van der Waals surface area contributed by atoms with Crippen LogP contribution in [0.25, 0.3) is 0 Å². The Hall–Kier alpha value is -2.58. The van der Waals surface area contributed by atoms with E-state index in [0.29, 0.717) is 18.8 Å². The molecule has 0 unspecified atom stereocenters. The molecule has 0 bridgehead atoms. The first-order valence-electron chi connectivity index (χ1n) is 8.73. The molecule has 144 valence electrons. The Bertz CT molecular complexity index is 905. The predicted molar refractivity (Wildman–Crippen MR) is 103 cm³/mol. The summed E-state index contributed by atoms with van der Waals surface area (Å²) in [6, 6.07) is 13.5. The van der Waals surface area contributed by atoms with Gasteiger partial charge in [-0.2, -0.15) is 0 Å². The number of benzene rings is 2. The average molecular weight is 389 g/mol. The number of rotatable bonds is 4. The van der Waals surface area contributed by atoms with Gasteiger partial charge in [-0.25, -0.2) is 18.4 Å².